The van der Waals surface area contributed by atoms with Gasteiger partial charge in [0.25, 0.3) is 0 Å². The predicted octanol–water partition coefficient (Wildman–Crippen LogP) is 11.5. The molecule has 234 valence electrons. The first-order valence-electron chi connectivity index (χ1n) is 18.2. The lowest BCUT2D eigenvalue weighted by molar-refractivity contribution is -0.151. The Morgan fingerprint density at radius 1 is 0.927 bits per heavy atom. The van der Waals surface area contributed by atoms with Crippen LogP contribution in [0.5, 0.6) is 0 Å². The number of carbonyl (C=O) groups is 1. The lowest BCUT2D eigenvalue weighted by Crippen LogP contribution is -2.51. The molecule has 9 unspecified atom stereocenters. The zero-order valence-electron chi connectivity index (χ0n) is 28.2. The smallest absolute Gasteiger partial charge is 0.306 e. The molecule has 0 aliphatic heterocycles. The highest BCUT2D eigenvalue weighted by Crippen LogP contribution is 2.67. The van der Waals surface area contributed by atoms with Gasteiger partial charge in [0, 0.05) is 12.8 Å². The van der Waals surface area contributed by atoms with E-state index in [1.807, 2.05) is 0 Å². The van der Waals surface area contributed by atoms with E-state index >= 15 is 0 Å². The summed E-state index contributed by atoms with van der Waals surface area (Å²) in [6, 6.07) is 0. The van der Waals surface area contributed by atoms with Crippen molar-refractivity contribution in [3.8, 4) is 0 Å². The third-order valence-corrected chi connectivity index (χ3v) is 13.0. The minimum atomic E-state index is 0.0497. The van der Waals surface area contributed by atoms with Gasteiger partial charge < -0.3 is 4.74 Å². The van der Waals surface area contributed by atoms with Crippen molar-refractivity contribution in [3.63, 3.8) is 0 Å². The minimum Gasteiger partial charge on any atom is -0.462 e. The summed E-state index contributed by atoms with van der Waals surface area (Å²) in [6.45, 7) is 17.1. The number of unbranched alkanes of at least 4 members (excludes halogenated alkanes) is 6. The molecule has 0 spiro atoms. The molecule has 4 rings (SSSR count). The van der Waals surface area contributed by atoms with E-state index in [-0.39, 0.29) is 12.1 Å². The van der Waals surface area contributed by atoms with Crippen molar-refractivity contribution >= 4 is 5.97 Å². The van der Waals surface area contributed by atoms with Crippen molar-refractivity contribution in [1.82, 2.24) is 0 Å². The normalized spacial score (nSPS) is 36.4. The van der Waals surface area contributed by atoms with E-state index in [1.165, 1.54) is 83.5 Å². The van der Waals surface area contributed by atoms with Gasteiger partial charge in [-0.2, -0.15) is 0 Å². The maximum atomic E-state index is 12.6. The predicted molar refractivity (Wildman–Crippen MR) is 175 cm³/mol. The van der Waals surface area contributed by atoms with Gasteiger partial charge in [-0.05, 0) is 110 Å². The molecule has 0 amide bonds. The van der Waals surface area contributed by atoms with Gasteiger partial charge in [-0.1, -0.05) is 111 Å². The van der Waals surface area contributed by atoms with Crippen molar-refractivity contribution in [2.24, 2.45) is 52.3 Å². The van der Waals surface area contributed by atoms with Crippen LogP contribution in [0.1, 0.15) is 158 Å². The monoisotopic (exact) mass is 567 g/mol. The fourth-order valence-corrected chi connectivity index (χ4v) is 10.4. The highest BCUT2D eigenvalue weighted by Gasteiger charge is 2.59. The average Bonchev–Trinajstić information content (AvgIpc) is 3.30. The number of hydrogen-bond donors (Lipinski definition) is 0. The molecule has 3 saturated carbocycles. The molecule has 0 heterocycles. The third-order valence-electron chi connectivity index (χ3n) is 13.0. The summed E-state index contributed by atoms with van der Waals surface area (Å²) in [5.74, 6) is 5.56. The van der Waals surface area contributed by atoms with Crippen LogP contribution in [0.15, 0.2) is 23.8 Å². The van der Waals surface area contributed by atoms with Crippen LogP contribution in [-0.2, 0) is 9.53 Å². The van der Waals surface area contributed by atoms with Gasteiger partial charge in [-0.25, -0.2) is 0 Å². The largest absolute Gasteiger partial charge is 0.462 e. The molecule has 9 atom stereocenters. The molecule has 2 heteroatoms. The maximum Gasteiger partial charge on any atom is 0.306 e. The van der Waals surface area contributed by atoms with Crippen molar-refractivity contribution in [1.29, 1.82) is 0 Å². The molecular formula is C39H66O2. The van der Waals surface area contributed by atoms with Crippen molar-refractivity contribution in [3.05, 3.63) is 23.8 Å². The Hall–Kier alpha value is -1.05. The molecule has 4 aliphatic carbocycles. The zero-order chi connectivity index (χ0) is 29.6. The second-order valence-corrected chi connectivity index (χ2v) is 15.8. The fraction of sp³-hybridized carbons (Fsp3) is 0.872. The number of fused-ring (bicyclic) bond motifs is 5. The van der Waals surface area contributed by atoms with Crippen molar-refractivity contribution in [2.45, 2.75) is 164 Å². The van der Waals surface area contributed by atoms with Crippen molar-refractivity contribution in [2.75, 3.05) is 0 Å². The summed E-state index contributed by atoms with van der Waals surface area (Å²) < 4.78 is 6.07. The number of allylic oxidation sites excluding steroid dienone is 3. The number of hydrogen-bond acceptors (Lipinski definition) is 2. The second-order valence-electron chi connectivity index (χ2n) is 15.8. The van der Waals surface area contributed by atoms with Crippen LogP contribution >= 0.6 is 0 Å². The molecule has 41 heavy (non-hydrogen) atoms. The first-order valence-corrected chi connectivity index (χ1v) is 18.2. The molecule has 0 radical (unpaired) electrons. The Morgan fingerprint density at radius 3 is 2.37 bits per heavy atom. The van der Waals surface area contributed by atoms with E-state index in [1.54, 1.807) is 5.57 Å². The van der Waals surface area contributed by atoms with Crippen LogP contribution in [0.2, 0.25) is 0 Å². The highest BCUT2D eigenvalue weighted by atomic mass is 16.5. The van der Waals surface area contributed by atoms with E-state index in [2.05, 4.69) is 66.7 Å². The summed E-state index contributed by atoms with van der Waals surface area (Å²) in [5, 5.41) is 0. The van der Waals surface area contributed by atoms with Crippen molar-refractivity contribution < 1.29 is 9.53 Å². The molecule has 0 bridgehead atoms. The second kappa shape index (κ2) is 14.6. The van der Waals surface area contributed by atoms with E-state index in [0.717, 1.165) is 54.8 Å². The summed E-state index contributed by atoms with van der Waals surface area (Å²) in [6.07, 6.45) is 28.6. The van der Waals surface area contributed by atoms with Crippen LogP contribution in [0.25, 0.3) is 0 Å². The molecule has 0 aromatic carbocycles. The quantitative estimate of drug-likeness (QED) is 0.119. The van der Waals surface area contributed by atoms with Gasteiger partial charge in [0.05, 0.1) is 0 Å². The Morgan fingerprint density at radius 2 is 1.66 bits per heavy atom. The minimum absolute atomic E-state index is 0.0497. The topological polar surface area (TPSA) is 26.3 Å². The number of esters is 1. The number of ether oxygens (including phenoxy) is 1. The van der Waals surface area contributed by atoms with Crippen LogP contribution in [0.4, 0.5) is 0 Å². The zero-order valence-corrected chi connectivity index (χ0v) is 28.2. The molecule has 0 saturated heterocycles. The highest BCUT2D eigenvalue weighted by molar-refractivity contribution is 5.69. The first kappa shape index (κ1) is 32.9. The van der Waals surface area contributed by atoms with E-state index in [4.69, 9.17) is 4.74 Å². The summed E-state index contributed by atoms with van der Waals surface area (Å²) in [7, 11) is 0. The lowest BCUT2D eigenvalue weighted by atomic mass is 9.47. The van der Waals surface area contributed by atoms with Crippen LogP contribution in [-0.4, -0.2) is 12.1 Å². The summed E-state index contributed by atoms with van der Waals surface area (Å²) in [4.78, 5) is 12.6. The van der Waals surface area contributed by atoms with Crippen LogP contribution < -0.4 is 0 Å². The van der Waals surface area contributed by atoms with E-state index in [9.17, 15) is 4.79 Å². The molecule has 3 fully saturated rings. The SMILES string of the molecule is CCCCCCCCCC(=O)OC1CCC2(C)C(=CCC3C2CCC2(C)C(C(C)/C=C/C(CC)C(C)C)CCC32)C1. The van der Waals surface area contributed by atoms with Gasteiger partial charge in [-0.15, -0.1) is 0 Å². The number of carbonyl (C=O) groups excluding carboxylic acids is 1. The molecule has 0 aromatic rings. The van der Waals surface area contributed by atoms with Crippen LogP contribution in [0, 0.1) is 52.3 Å². The molecule has 4 aliphatic rings. The van der Waals surface area contributed by atoms with E-state index < -0.39 is 0 Å². The van der Waals surface area contributed by atoms with Gasteiger partial charge in [0.15, 0.2) is 0 Å². The molecule has 2 nitrogen and oxygen atoms in total. The average molecular weight is 567 g/mol. The lowest BCUT2D eigenvalue weighted by Gasteiger charge is -2.58. The van der Waals surface area contributed by atoms with Gasteiger partial charge in [0.1, 0.15) is 6.10 Å². The van der Waals surface area contributed by atoms with Gasteiger partial charge in [-0.3, -0.25) is 4.79 Å². The Kier molecular flexibility index (Phi) is 11.7. The van der Waals surface area contributed by atoms with E-state index in [0.29, 0.717) is 23.2 Å². The standard InChI is InChI=1S/C39H66O2/c1-8-10-11-12-13-14-15-16-37(40)41-32-23-25-38(6)31(27-32)19-20-33-35-22-21-34(39(35,7)26-24-36(33)38)29(5)17-18-30(9-2)28(3)4/h17-19,28-30,32-36H,8-16,20-27H2,1-7H3/b18-17+. The number of rotatable bonds is 14. The third kappa shape index (κ3) is 7.37. The Balaban J connectivity index is 1.32. The maximum absolute atomic E-state index is 12.6. The van der Waals surface area contributed by atoms with Gasteiger partial charge >= 0.3 is 5.97 Å². The fourth-order valence-electron chi connectivity index (χ4n) is 10.4. The first-order chi connectivity index (χ1) is 19.6. The Labute approximate surface area is 254 Å². The van der Waals surface area contributed by atoms with Gasteiger partial charge in [0.2, 0.25) is 0 Å². The summed E-state index contributed by atoms with van der Waals surface area (Å²) >= 11 is 0. The molecular weight excluding hydrogens is 500 g/mol. The Bertz CT molecular complexity index is 899. The molecule has 0 aromatic heterocycles. The summed E-state index contributed by atoms with van der Waals surface area (Å²) in [5.41, 5.74) is 2.45. The molecule has 0 N–H and O–H groups in total. The van der Waals surface area contributed by atoms with Crippen LogP contribution in [0.3, 0.4) is 0 Å².